The molecule has 0 atom stereocenters. The van der Waals surface area contributed by atoms with E-state index in [1.54, 1.807) is 11.3 Å². The molecule has 0 saturated carbocycles. The van der Waals surface area contributed by atoms with Crippen LogP contribution < -0.4 is 0 Å². The Morgan fingerprint density at radius 3 is 1.42 bits per heavy atom. The van der Waals surface area contributed by atoms with E-state index in [9.17, 15) is 0 Å². The fourth-order valence-electron chi connectivity index (χ4n) is 8.32. The lowest BCUT2D eigenvalue weighted by Crippen LogP contribution is -2.00. The number of hydrogen-bond acceptors (Lipinski definition) is 5. The van der Waals surface area contributed by atoms with Crippen LogP contribution in [0.3, 0.4) is 0 Å². The zero-order valence-electron chi connectivity index (χ0n) is 30.4. The lowest BCUT2D eigenvalue weighted by Gasteiger charge is -2.08. The van der Waals surface area contributed by atoms with Crippen molar-refractivity contribution in [2.75, 3.05) is 0 Å². The van der Waals surface area contributed by atoms with Crippen molar-refractivity contribution in [2.24, 2.45) is 0 Å². The lowest BCUT2D eigenvalue weighted by molar-refractivity contribution is 0.669. The van der Waals surface area contributed by atoms with Gasteiger partial charge in [0.1, 0.15) is 11.2 Å². The first-order valence-corrected chi connectivity index (χ1v) is 19.8. The third kappa shape index (κ3) is 5.19. The molecular weight excluding hydrogens is 717 g/mol. The van der Waals surface area contributed by atoms with Crippen molar-refractivity contribution < 1.29 is 4.42 Å². The number of para-hydroxylation sites is 2. The van der Waals surface area contributed by atoms with Crippen LogP contribution >= 0.6 is 11.3 Å². The maximum Gasteiger partial charge on any atom is 0.164 e. The topological polar surface area (TPSA) is 56.7 Å². The molecule has 0 aliphatic heterocycles. The number of nitrogens with zero attached hydrogens (tertiary/aromatic N) is 4. The Hall–Kier alpha value is -7.41. The molecule has 0 saturated heterocycles. The van der Waals surface area contributed by atoms with E-state index in [1.165, 1.54) is 42.0 Å². The zero-order chi connectivity index (χ0) is 37.5. The van der Waals surface area contributed by atoms with Gasteiger partial charge in [0.15, 0.2) is 17.5 Å². The maximum atomic E-state index is 6.41. The second-order valence-corrected chi connectivity index (χ2v) is 15.5. The molecule has 0 aliphatic carbocycles. The molecule has 0 radical (unpaired) electrons. The van der Waals surface area contributed by atoms with Gasteiger partial charge in [-0.05, 0) is 83.9 Å². The molecule has 0 N–H and O–H groups in total. The van der Waals surface area contributed by atoms with Gasteiger partial charge in [-0.1, -0.05) is 109 Å². The summed E-state index contributed by atoms with van der Waals surface area (Å²) in [6.07, 6.45) is 0. The largest absolute Gasteiger partial charge is 0.456 e. The Morgan fingerprint density at radius 1 is 0.351 bits per heavy atom. The number of fused-ring (bicyclic) bond motifs is 9. The highest BCUT2D eigenvalue weighted by Crippen LogP contribution is 2.41. The van der Waals surface area contributed by atoms with E-state index in [0.29, 0.717) is 17.5 Å². The first kappa shape index (κ1) is 31.9. The van der Waals surface area contributed by atoms with Gasteiger partial charge in [-0.15, -0.1) is 11.3 Å². The second-order valence-electron chi connectivity index (χ2n) is 14.4. The monoisotopic (exact) mass is 746 g/mol. The number of hydrogen-bond donors (Lipinski definition) is 0. The highest BCUT2D eigenvalue weighted by atomic mass is 32.1. The first-order valence-electron chi connectivity index (χ1n) is 19.0. The predicted octanol–water partition coefficient (Wildman–Crippen LogP) is 13.9. The standard InChI is InChI=1S/C51H30N4OS/c1-3-11-31(12-4-1)49-52-50(32-13-5-2-6-14-32)54-51(53-49)35-21-26-48-42(29-35)41-28-34(20-25-47(41)57-48)33-19-23-45-39(27-33)40-30-36(22-24-46(40)56-45)55-43-17-9-7-15-37(43)38-16-8-10-18-44(38)55/h1-30H. The van der Waals surface area contributed by atoms with Crippen LogP contribution in [-0.4, -0.2) is 19.5 Å². The van der Waals surface area contributed by atoms with Crippen molar-refractivity contribution in [2.45, 2.75) is 0 Å². The van der Waals surface area contributed by atoms with Crippen molar-refractivity contribution in [3.05, 3.63) is 182 Å². The van der Waals surface area contributed by atoms with Crippen LogP contribution in [0.1, 0.15) is 0 Å². The predicted molar refractivity (Wildman–Crippen MR) is 236 cm³/mol. The summed E-state index contributed by atoms with van der Waals surface area (Å²) in [6, 6.07) is 63.9. The Kier molecular flexibility index (Phi) is 7.03. The Bertz CT molecular complexity index is 3420. The minimum atomic E-state index is 0.651. The molecule has 0 bridgehead atoms. The van der Waals surface area contributed by atoms with Crippen molar-refractivity contribution in [1.29, 1.82) is 0 Å². The van der Waals surface area contributed by atoms with Crippen molar-refractivity contribution in [1.82, 2.24) is 19.5 Å². The Morgan fingerprint density at radius 2 is 0.807 bits per heavy atom. The number of aromatic nitrogens is 4. The average molecular weight is 747 g/mol. The number of furan rings is 1. The summed E-state index contributed by atoms with van der Waals surface area (Å²) in [7, 11) is 0. The fourth-order valence-corrected chi connectivity index (χ4v) is 9.39. The second kappa shape index (κ2) is 12.6. The summed E-state index contributed by atoms with van der Waals surface area (Å²) in [6.45, 7) is 0. The normalized spacial score (nSPS) is 11.9. The molecule has 0 amide bonds. The van der Waals surface area contributed by atoms with E-state index in [-0.39, 0.29) is 0 Å². The van der Waals surface area contributed by atoms with Gasteiger partial charge in [-0.25, -0.2) is 15.0 Å². The number of benzene rings is 8. The summed E-state index contributed by atoms with van der Waals surface area (Å²) in [5.41, 5.74) is 10.4. The molecule has 6 heteroatoms. The number of rotatable bonds is 5. The SMILES string of the molecule is c1ccc(-c2nc(-c3ccccc3)nc(-c3ccc4sc5ccc(-c6ccc7oc8ccc(-n9c%10ccccc%10c%10ccccc%109)cc8c7c6)cc5c4c3)n2)cc1. The molecule has 0 aliphatic rings. The quantitative estimate of drug-likeness (QED) is 0.176. The molecule has 57 heavy (non-hydrogen) atoms. The van der Waals surface area contributed by atoms with Crippen molar-refractivity contribution in [3.8, 4) is 51.0 Å². The van der Waals surface area contributed by atoms with Crippen LogP contribution in [-0.2, 0) is 0 Å². The average Bonchev–Trinajstić information content (AvgIpc) is 3.95. The van der Waals surface area contributed by atoms with Crippen LogP contribution in [0.2, 0.25) is 0 Å². The zero-order valence-corrected chi connectivity index (χ0v) is 31.2. The van der Waals surface area contributed by atoms with Gasteiger partial charge in [0.05, 0.1) is 11.0 Å². The lowest BCUT2D eigenvalue weighted by atomic mass is 10.00. The molecule has 0 unspecified atom stereocenters. The fraction of sp³-hybridized carbons (Fsp3) is 0. The molecule has 12 rings (SSSR count). The third-order valence-corrected chi connectivity index (χ3v) is 12.2. The van der Waals surface area contributed by atoms with Gasteiger partial charge < -0.3 is 8.98 Å². The van der Waals surface area contributed by atoms with Crippen LogP contribution in [0.5, 0.6) is 0 Å². The van der Waals surface area contributed by atoms with E-state index >= 15 is 0 Å². The molecule has 266 valence electrons. The van der Waals surface area contributed by atoms with Gasteiger partial charge in [-0.2, -0.15) is 0 Å². The van der Waals surface area contributed by atoms with Gasteiger partial charge in [0, 0.05) is 64.1 Å². The number of thiophene rings is 1. The van der Waals surface area contributed by atoms with Gasteiger partial charge in [0.2, 0.25) is 0 Å². The first-order chi connectivity index (χ1) is 28.2. The third-order valence-electron chi connectivity index (χ3n) is 11.1. The van der Waals surface area contributed by atoms with E-state index < -0.39 is 0 Å². The highest BCUT2D eigenvalue weighted by molar-refractivity contribution is 7.25. The van der Waals surface area contributed by atoms with E-state index in [1.807, 2.05) is 60.7 Å². The summed E-state index contributed by atoms with van der Waals surface area (Å²) in [5, 5.41) is 7.08. The molecule has 0 fully saturated rings. The molecule has 4 heterocycles. The van der Waals surface area contributed by atoms with Crippen LogP contribution in [0.25, 0.3) is 115 Å². The van der Waals surface area contributed by atoms with E-state index in [0.717, 1.165) is 55.4 Å². The van der Waals surface area contributed by atoms with E-state index in [2.05, 4.69) is 126 Å². The molecule has 12 aromatic rings. The smallest absolute Gasteiger partial charge is 0.164 e. The molecule has 5 nitrogen and oxygen atoms in total. The maximum absolute atomic E-state index is 6.41. The minimum Gasteiger partial charge on any atom is -0.456 e. The van der Waals surface area contributed by atoms with Gasteiger partial charge in [-0.3, -0.25) is 0 Å². The van der Waals surface area contributed by atoms with Crippen LogP contribution in [0, 0.1) is 0 Å². The summed E-state index contributed by atoms with van der Waals surface area (Å²) in [4.78, 5) is 14.9. The van der Waals surface area contributed by atoms with Crippen LogP contribution in [0.15, 0.2) is 186 Å². The summed E-state index contributed by atoms with van der Waals surface area (Å²) < 4.78 is 11.2. The van der Waals surface area contributed by atoms with E-state index in [4.69, 9.17) is 19.4 Å². The molecule has 0 spiro atoms. The van der Waals surface area contributed by atoms with Crippen molar-refractivity contribution in [3.63, 3.8) is 0 Å². The van der Waals surface area contributed by atoms with Gasteiger partial charge in [0.25, 0.3) is 0 Å². The molecule has 8 aromatic carbocycles. The molecular formula is C51H30N4OS. The Labute approximate surface area is 330 Å². The highest BCUT2D eigenvalue weighted by Gasteiger charge is 2.17. The molecule has 4 aromatic heterocycles. The van der Waals surface area contributed by atoms with Gasteiger partial charge >= 0.3 is 0 Å². The minimum absolute atomic E-state index is 0.651. The van der Waals surface area contributed by atoms with Crippen molar-refractivity contribution >= 4 is 75.3 Å². The summed E-state index contributed by atoms with van der Waals surface area (Å²) in [5.74, 6) is 1.96. The summed E-state index contributed by atoms with van der Waals surface area (Å²) >= 11 is 1.81. The Balaban J connectivity index is 0.976. The van der Waals surface area contributed by atoms with Crippen LogP contribution in [0.4, 0.5) is 0 Å².